The first-order chi connectivity index (χ1) is 14.3. The topological polar surface area (TPSA) is 84.9 Å². The van der Waals surface area contributed by atoms with Gasteiger partial charge in [0.25, 0.3) is 0 Å². The summed E-state index contributed by atoms with van der Waals surface area (Å²) in [5.74, 6) is 0.368. The molecule has 162 valence electrons. The molecule has 7 nitrogen and oxygen atoms in total. The Hall–Kier alpha value is -2.29. The first-order valence-electron chi connectivity index (χ1n) is 9.72. The number of nitrogens with zero attached hydrogens (tertiary/aromatic N) is 1. The monoisotopic (exact) mass is 452 g/mol. The summed E-state index contributed by atoms with van der Waals surface area (Å²) < 4.78 is 38.1. The number of carbonyl (C=O) groups excluding carboxylic acids is 1. The first-order valence-corrected chi connectivity index (χ1v) is 11.5. The number of halogens is 1. The Balaban J connectivity index is 1.73. The largest absolute Gasteiger partial charge is 0.495 e. The van der Waals surface area contributed by atoms with E-state index in [0.717, 1.165) is 0 Å². The van der Waals surface area contributed by atoms with Crippen molar-refractivity contribution in [2.45, 2.75) is 24.7 Å². The molecular weight excluding hydrogens is 428 g/mol. The third kappa shape index (κ3) is 5.06. The Morgan fingerprint density at radius 1 is 1.23 bits per heavy atom. The number of anilines is 1. The molecule has 2 aromatic rings. The van der Waals surface area contributed by atoms with Gasteiger partial charge in [-0.2, -0.15) is 4.31 Å². The number of benzene rings is 2. The van der Waals surface area contributed by atoms with Gasteiger partial charge in [-0.15, -0.1) is 0 Å². The molecule has 0 radical (unpaired) electrons. The maximum Gasteiger partial charge on any atom is 0.243 e. The molecule has 1 fully saturated rings. The molecule has 0 saturated carbocycles. The van der Waals surface area contributed by atoms with Crippen LogP contribution in [0.2, 0.25) is 5.02 Å². The fraction of sp³-hybridized carbons (Fsp3) is 0.381. The summed E-state index contributed by atoms with van der Waals surface area (Å²) in [6.45, 7) is 2.86. The van der Waals surface area contributed by atoms with E-state index in [9.17, 15) is 13.2 Å². The van der Waals surface area contributed by atoms with Gasteiger partial charge in [0.2, 0.25) is 15.9 Å². The van der Waals surface area contributed by atoms with E-state index in [2.05, 4.69) is 5.32 Å². The van der Waals surface area contributed by atoms with Crippen LogP contribution in [0.25, 0.3) is 0 Å². The second-order valence-electron chi connectivity index (χ2n) is 6.94. The number of hydrogen-bond donors (Lipinski definition) is 1. The summed E-state index contributed by atoms with van der Waals surface area (Å²) in [5, 5.41) is 3.29. The van der Waals surface area contributed by atoms with Crippen LogP contribution in [0.4, 0.5) is 5.69 Å². The zero-order valence-electron chi connectivity index (χ0n) is 16.9. The van der Waals surface area contributed by atoms with Crippen molar-refractivity contribution in [1.29, 1.82) is 0 Å². The molecule has 3 rings (SSSR count). The molecule has 0 aliphatic carbocycles. The van der Waals surface area contributed by atoms with E-state index in [1.807, 2.05) is 6.92 Å². The van der Waals surface area contributed by atoms with Crippen LogP contribution in [-0.4, -0.2) is 45.4 Å². The van der Waals surface area contributed by atoms with Gasteiger partial charge in [0, 0.05) is 18.1 Å². The number of hydrogen-bond acceptors (Lipinski definition) is 5. The van der Waals surface area contributed by atoms with Gasteiger partial charge in [-0.05, 0) is 62.2 Å². The van der Waals surface area contributed by atoms with E-state index in [1.165, 1.54) is 23.5 Å². The third-order valence-electron chi connectivity index (χ3n) is 4.95. The van der Waals surface area contributed by atoms with Gasteiger partial charge in [-0.25, -0.2) is 8.42 Å². The molecular formula is C21H25ClN2O5S. The van der Waals surface area contributed by atoms with Gasteiger partial charge in [0.05, 0.1) is 30.2 Å². The van der Waals surface area contributed by atoms with E-state index in [0.29, 0.717) is 48.2 Å². The quantitative estimate of drug-likeness (QED) is 0.690. The Kier molecular flexibility index (Phi) is 7.23. The summed E-state index contributed by atoms with van der Waals surface area (Å²) in [6, 6.07) is 11.3. The molecule has 2 aromatic carbocycles. The van der Waals surface area contributed by atoms with Crippen molar-refractivity contribution in [3.05, 3.63) is 47.5 Å². The maximum atomic E-state index is 13.0. The van der Waals surface area contributed by atoms with Crippen LogP contribution in [0.3, 0.4) is 0 Å². The molecule has 1 atom stereocenters. The predicted molar refractivity (Wildman–Crippen MR) is 116 cm³/mol. The molecule has 1 heterocycles. The molecule has 1 N–H and O–H groups in total. The molecule has 1 aliphatic heterocycles. The lowest BCUT2D eigenvalue weighted by atomic mass is 9.98. The summed E-state index contributed by atoms with van der Waals surface area (Å²) in [7, 11) is -2.20. The van der Waals surface area contributed by atoms with Gasteiger partial charge >= 0.3 is 0 Å². The highest BCUT2D eigenvalue weighted by Crippen LogP contribution is 2.30. The minimum absolute atomic E-state index is 0.115. The van der Waals surface area contributed by atoms with Crippen LogP contribution in [-0.2, 0) is 14.8 Å². The smallest absolute Gasteiger partial charge is 0.243 e. The van der Waals surface area contributed by atoms with Gasteiger partial charge in [0.1, 0.15) is 11.5 Å². The SMILES string of the molecule is CCOc1ccc(S(=O)(=O)N2CCC[C@H](C(=O)Nc3cc(Cl)ccc3OC)C2)cc1. The standard InChI is InChI=1S/C21H25ClN2O5S/c1-3-29-17-7-9-18(10-8-17)30(26,27)24-12-4-5-15(14-24)21(25)23-19-13-16(22)6-11-20(19)28-2/h6-11,13,15H,3-5,12,14H2,1-2H3,(H,23,25)/t15-/m0/s1. The van der Waals surface area contributed by atoms with Crippen molar-refractivity contribution in [2.75, 3.05) is 32.1 Å². The van der Waals surface area contributed by atoms with E-state index in [4.69, 9.17) is 21.1 Å². The normalized spacial score (nSPS) is 17.4. The molecule has 1 amide bonds. The number of rotatable bonds is 7. The Labute approximate surface area is 182 Å². The minimum Gasteiger partial charge on any atom is -0.495 e. The van der Waals surface area contributed by atoms with Crippen LogP contribution < -0.4 is 14.8 Å². The summed E-state index contributed by atoms with van der Waals surface area (Å²) in [4.78, 5) is 13.0. The highest BCUT2D eigenvalue weighted by molar-refractivity contribution is 7.89. The molecule has 30 heavy (non-hydrogen) atoms. The summed E-state index contributed by atoms with van der Waals surface area (Å²) >= 11 is 6.02. The second kappa shape index (κ2) is 9.68. The van der Waals surface area contributed by atoms with Crippen molar-refractivity contribution in [3.63, 3.8) is 0 Å². The van der Waals surface area contributed by atoms with E-state index >= 15 is 0 Å². The van der Waals surface area contributed by atoms with Gasteiger partial charge in [-0.1, -0.05) is 11.6 Å². The second-order valence-corrected chi connectivity index (χ2v) is 9.31. The van der Waals surface area contributed by atoms with Crippen LogP contribution in [0.15, 0.2) is 47.4 Å². The fourth-order valence-electron chi connectivity index (χ4n) is 3.41. The number of amides is 1. The van der Waals surface area contributed by atoms with Crippen LogP contribution >= 0.6 is 11.6 Å². The number of piperidine rings is 1. The van der Waals surface area contributed by atoms with Crippen LogP contribution in [0.1, 0.15) is 19.8 Å². The van der Waals surface area contributed by atoms with E-state index in [-0.39, 0.29) is 17.3 Å². The van der Waals surface area contributed by atoms with Crippen LogP contribution in [0.5, 0.6) is 11.5 Å². The zero-order chi connectivity index (χ0) is 21.7. The van der Waals surface area contributed by atoms with Crippen molar-refractivity contribution in [2.24, 2.45) is 5.92 Å². The Morgan fingerprint density at radius 2 is 1.97 bits per heavy atom. The lowest BCUT2D eigenvalue weighted by molar-refractivity contribution is -0.120. The zero-order valence-corrected chi connectivity index (χ0v) is 18.5. The third-order valence-corrected chi connectivity index (χ3v) is 7.06. The lowest BCUT2D eigenvalue weighted by Crippen LogP contribution is -2.43. The molecule has 1 saturated heterocycles. The lowest BCUT2D eigenvalue weighted by Gasteiger charge is -2.31. The van der Waals surface area contributed by atoms with Gasteiger partial charge in [0.15, 0.2) is 0 Å². The average molecular weight is 453 g/mol. The van der Waals surface area contributed by atoms with Crippen LogP contribution in [0, 0.1) is 5.92 Å². The number of nitrogens with one attached hydrogen (secondary N) is 1. The van der Waals surface area contributed by atoms with Gasteiger partial charge in [-0.3, -0.25) is 4.79 Å². The number of methoxy groups -OCH3 is 1. The molecule has 0 unspecified atom stereocenters. The Morgan fingerprint density at radius 3 is 2.63 bits per heavy atom. The summed E-state index contributed by atoms with van der Waals surface area (Å²) in [6.07, 6.45) is 1.20. The molecule has 9 heteroatoms. The minimum atomic E-state index is -3.70. The first kappa shape index (κ1) is 22.4. The molecule has 0 aromatic heterocycles. The van der Waals surface area contributed by atoms with Crippen molar-refractivity contribution in [1.82, 2.24) is 4.31 Å². The average Bonchev–Trinajstić information content (AvgIpc) is 2.74. The summed E-state index contributed by atoms with van der Waals surface area (Å²) in [5.41, 5.74) is 0.460. The molecule has 1 aliphatic rings. The van der Waals surface area contributed by atoms with Crippen molar-refractivity contribution in [3.8, 4) is 11.5 Å². The fourth-order valence-corrected chi connectivity index (χ4v) is 5.11. The highest BCUT2D eigenvalue weighted by atomic mass is 35.5. The van der Waals surface area contributed by atoms with E-state index < -0.39 is 15.9 Å². The highest BCUT2D eigenvalue weighted by Gasteiger charge is 2.33. The van der Waals surface area contributed by atoms with E-state index in [1.54, 1.807) is 30.3 Å². The van der Waals surface area contributed by atoms with Gasteiger partial charge < -0.3 is 14.8 Å². The Bertz CT molecular complexity index is 995. The predicted octanol–water partition coefficient (Wildman–Crippen LogP) is 3.79. The number of ether oxygens (including phenoxy) is 2. The molecule has 0 spiro atoms. The number of carbonyl (C=O) groups is 1. The molecule has 0 bridgehead atoms. The maximum absolute atomic E-state index is 13.0. The number of sulfonamides is 1. The van der Waals surface area contributed by atoms with Crippen molar-refractivity contribution < 1.29 is 22.7 Å². The van der Waals surface area contributed by atoms with Crippen molar-refractivity contribution >= 4 is 33.2 Å².